The van der Waals surface area contributed by atoms with Crippen molar-refractivity contribution in [2.24, 2.45) is 0 Å². The lowest BCUT2D eigenvalue weighted by Crippen LogP contribution is -2.38. The fraction of sp³-hybridized carbons (Fsp3) is 0.467. The van der Waals surface area contributed by atoms with Crippen LogP contribution < -0.4 is 4.74 Å². The van der Waals surface area contributed by atoms with Crippen LogP contribution >= 0.6 is 0 Å². The van der Waals surface area contributed by atoms with Crippen LogP contribution in [0.1, 0.15) is 37.0 Å². The molecule has 6 nitrogen and oxygen atoms in total. The molecule has 116 valence electrons. The molecule has 0 aliphatic heterocycles. The summed E-state index contributed by atoms with van der Waals surface area (Å²) in [7, 11) is 1.48. The zero-order chi connectivity index (χ0) is 16.0. The van der Waals surface area contributed by atoms with Gasteiger partial charge in [-0.05, 0) is 38.5 Å². The summed E-state index contributed by atoms with van der Waals surface area (Å²) in [6.07, 6.45) is 0.366. The summed E-state index contributed by atoms with van der Waals surface area (Å²) in [5.41, 5.74) is 0.151. The predicted molar refractivity (Wildman–Crippen MR) is 77.7 cm³/mol. The van der Waals surface area contributed by atoms with E-state index in [1.54, 1.807) is 6.07 Å². The number of methoxy groups -OCH3 is 1. The lowest BCUT2D eigenvalue weighted by molar-refractivity contribution is -0.137. The van der Waals surface area contributed by atoms with E-state index in [1.807, 2.05) is 13.8 Å². The highest BCUT2D eigenvalue weighted by Gasteiger charge is 2.22. The quantitative estimate of drug-likeness (QED) is 0.804. The Morgan fingerprint density at radius 2 is 2.00 bits per heavy atom. The van der Waals surface area contributed by atoms with Crippen molar-refractivity contribution < 1.29 is 24.5 Å². The number of carboxylic acid groups (broad SMARTS) is 1. The minimum atomic E-state index is -0.893. The molecule has 0 aliphatic rings. The molecule has 0 saturated carbocycles. The Balaban J connectivity index is 2.92. The standard InChI is InChI=1S/C15H21NO5/c1-10(2)16(8-4-5-14(18)19)15(20)12-9-11(21-3)6-7-13(12)17/h6-7,9-10,17H,4-5,8H2,1-3H3,(H,18,19). The van der Waals surface area contributed by atoms with Crippen LogP contribution in [0.4, 0.5) is 0 Å². The van der Waals surface area contributed by atoms with Crippen LogP contribution in [0.15, 0.2) is 18.2 Å². The van der Waals surface area contributed by atoms with Gasteiger partial charge in [0.25, 0.3) is 5.91 Å². The molecular formula is C15H21NO5. The normalized spacial score (nSPS) is 10.5. The molecule has 0 bridgehead atoms. The first-order valence-corrected chi connectivity index (χ1v) is 6.76. The van der Waals surface area contributed by atoms with Crippen molar-refractivity contribution in [3.05, 3.63) is 23.8 Å². The lowest BCUT2D eigenvalue weighted by Gasteiger charge is -2.27. The third-order valence-electron chi connectivity index (χ3n) is 3.11. The number of aliphatic carboxylic acids is 1. The Kier molecular flexibility index (Phi) is 6.02. The number of phenols is 1. The number of hydrogen-bond donors (Lipinski definition) is 2. The minimum Gasteiger partial charge on any atom is -0.507 e. The Labute approximate surface area is 124 Å². The number of aromatic hydroxyl groups is 1. The number of benzene rings is 1. The first-order chi connectivity index (χ1) is 9.86. The van der Waals surface area contributed by atoms with Crippen molar-refractivity contribution in [1.82, 2.24) is 4.90 Å². The molecule has 1 aromatic carbocycles. The highest BCUT2D eigenvalue weighted by molar-refractivity contribution is 5.97. The van der Waals surface area contributed by atoms with E-state index in [-0.39, 0.29) is 29.7 Å². The van der Waals surface area contributed by atoms with Crippen molar-refractivity contribution >= 4 is 11.9 Å². The summed E-state index contributed by atoms with van der Waals surface area (Å²) in [6.45, 7) is 4.01. The third-order valence-corrected chi connectivity index (χ3v) is 3.11. The molecule has 0 fully saturated rings. The molecule has 21 heavy (non-hydrogen) atoms. The molecule has 0 radical (unpaired) electrons. The van der Waals surface area contributed by atoms with Crippen LogP contribution in [-0.4, -0.2) is 46.7 Å². The third kappa shape index (κ3) is 4.66. The van der Waals surface area contributed by atoms with Crippen molar-refractivity contribution in [2.75, 3.05) is 13.7 Å². The molecule has 0 unspecified atom stereocenters. The second kappa shape index (κ2) is 7.52. The van der Waals surface area contributed by atoms with Gasteiger partial charge in [0, 0.05) is 19.0 Å². The zero-order valence-corrected chi connectivity index (χ0v) is 12.5. The summed E-state index contributed by atoms with van der Waals surface area (Å²) in [5, 5.41) is 18.5. The van der Waals surface area contributed by atoms with E-state index in [9.17, 15) is 14.7 Å². The number of amides is 1. The average Bonchev–Trinajstić information content (AvgIpc) is 2.42. The van der Waals surface area contributed by atoms with Gasteiger partial charge in [0.2, 0.25) is 0 Å². The molecule has 6 heteroatoms. The summed E-state index contributed by atoms with van der Waals surface area (Å²) in [4.78, 5) is 24.6. The van der Waals surface area contributed by atoms with Crippen molar-refractivity contribution in [3.63, 3.8) is 0 Å². The summed E-state index contributed by atoms with van der Waals surface area (Å²) in [5.74, 6) is -0.878. The highest BCUT2D eigenvalue weighted by Crippen LogP contribution is 2.25. The second-order valence-corrected chi connectivity index (χ2v) is 4.97. The van der Waals surface area contributed by atoms with Gasteiger partial charge >= 0.3 is 5.97 Å². The fourth-order valence-corrected chi connectivity index (χ4v) is 1.96. The van der Waals surface area contributed by atoms with E-state index in [0.29, 0.717) is 18.7 Å². The summed E-state index contributed by atoms with van der Waals surface area (Å²) in [6, 6.07) is 4.35. The van der Waals surface area contributed by atoms with Gasteiger partial charge in [0.15, 0.2) is 0 Å². The van der Waals surface area contributed by atoms with E-state index in [1.165, 1.54) is 24.1 Å². The molecule has 2 N–H and O–H groups in total. The van der Waals surface area contributed by atoms with Gasteiger partial charge < -0.3 is 19.8 Å². The van der Waals surface area contributed by atoms with E-state index in [4.69, 9.17) is 9.84 Å². The number of phenolic OH excluding ortho intramolecular Hbond substituents is 1. The molecule has 0 aromatic heterocycles. The first-order valence-electron chi connectivity index (χ1n) is 6.76. The number of ether oxygens (including phenoxy) is 1. The predicted octanol–water partition coefficient (Wildman–Crippen LogP) is 2.12. The van der Waals surface area contributed by atoms with Gasteiger partial charge in [-0.1, -0.05) is 0 Å². The zero-order valence-electron chi connectivity index (χ0n) is 12.5. The van der Waals surface area contributed by atoms with E-state index in [0.717, 1.165) is 0 Å². The number of hydrogen-bond acceptors (Lipinski definition) is 4. The first kappa shape index (κ1) is 16.8. The van der Waals surface area contributed by atoms with Gasteiger partial charge in [0.1, 0.15) is 11.5 Å². The topological polar surface area (TPSA) is 87.1 Å². The smallest absolute Gasteiger partial charge is 0.303 e. The molecule has 1 amide bonds. The van der Waals surface area contributed by atoms with Crippen LogP contribution in [0, 0.1) is 0 Å². The van der Waals surface area contributed by atoms with Crippen LogP contribution in [0.3, 0.4) is 0 Å². The van der Waals surface area contributed by atoms with Gasteiger partial charge in [-0.2, -0.15) is 0 Å². The number of nitrogens with zero attached hydrogens (tertiary/aromatic N) is 1. The highest BCUT2D eigenvalue weighted by atomic mass is 16.5. The molecular weight excluding hydrogens is 274 g/mol. The van der Waals surface area contributed by atoms with Crippen molar-refractivity contribution in [1.29, 1.82) is 0 Å². The van der Waals surface area contributed by atoms with Gasteiger partial charge in [-0.25, -0.2) is 0 Å². The minimum absolute atomic E-state index is 0.000588. The van der Waals surface area contributed by atoms with Crippen molar-refractivity contribution in [3.8, 4) is 11.5 Å². The van der Waals surface area contributed by atoms with Crippen LogP contribution in [-0.2, 0) is 4.79 Å². The molecule has 1 aromatic rings. The van der Waals surface area contributed by atoms with Crippen molar-refractivity contribution in [2.45, 2.75) is 32.7 Å². The van der Waals surface area contributed by atoms with Gasteiger partial charge in [0.05, 0.1) is 12.7 Å². The molecule has 0 aliphatic carbocycles. The molecule has 0 heterocycles. The maximum absolute atomic E-state index is 12.5. The number of rotatable bonds is 7. The Bertz CT molecular complexity index is 513. The van der Waals surface area contributed by atoms with Gasteiger partial charge in [-0.15, -0.1) is 0 Å². The Hall–Kier alpha value is -2.24. The largest absolute Gasteiger partial charge is 0.507 e. The SMILES string of the molecule is COc1ccc(O)c(C(=O)N(CCCC(=O)O)C(C)C)c1. The number of carboxylic acids is 1. The van der Waals surface area contributed by atoms with E-state index < -0.39 is 5.97 Å². The van der Waals surface area contributed by atoms with Gasteiger partial charge in [-0.3, -0.25) is 9.59 Å². The van der Waals surface area contributed by atoms with Crippen LogP contribution in [0.25, 0.3) is 0 Å². The summed E-state index contributed by atoms with van der Waals surface area (Å²) < 4.78 is 5.05. The van der Waals surface area contributed by atoms with Crippen LogP contribution in [0.5, 0.6) is 11.5 Å². The van der Waals surface area contributed by atoms with E-state index >= 15 is 0 Å². The second-order valence-electron chi connectivity index (χ2n) is 4.97. The average molecular weight is 295 g/mol. The Morgan fingerprint density at radius 3 is 2.52 bits per heavy atom. The number of carbonyl (C=O) groups is 2. The molecule has 0 saturated heterocycles. The molecule has 0 spiro atoms. The fourth-order valence-electron chi connectivity index (χ4n) is 1.96. The summed E-state index contributed by atoms with van der Waals surface area (Å²) >= 11 is 0. The maximum atomic E-state index is 12.5. The molecule has 1 rings (SSSR count). The van der Waals surface area contributed by atoms with E-state index in [2.05, 4.69) is 0 Å². The Morgan fingerprint density at radius 1 is 1.33 bits per heavy atom. The maximum Gasteiger partial charge on any atom is 0.303 e. The molecule has 0 atom stereocenters. The number of carbonyl (C=O) groups excluding carboxylic acids is 1. The van der Waals surface area contributed by atoms with Crippen LogP contribution in [0.2, 0.25) is 0 Å². The monoisotopic (exact) mass is 295 g/mol. The lowest BCUT2D eigenvalue weighted by atomic mass is 10.1.